The number of aromatic nitrogens is 3. The van der Waals surface area contributed by atoms with Crippen LogP contribution in [0.2, 0.25) is 0 Å². The first-order valence-electron chi connectivity index (χ1n) is 27.7. The number of benzene rings is 6. The maximum Gasteiger partial charge on any atom is 0.336 e. The van der Waals surface area contributed by atoms with Crippen LogP contribution in [0.1, 0.15) is 191 Å². The highest BCUT2D eigenvalue weighted by Gasteiger charge is 2.33. The van der Waals surface area contributed by atoms with E-state index in [1.165, 1.54) is 13.7 Å². The summed E-state index contributed by atoms with van der Waals surface area (Å²) in [4.78, 5) is 46.4. The zero-order valence-electron chi connectivity index (χ0n) is 50.2. The molecule has 78 heavy (non-hydrogen) atoms. The van der Waals surface area contributed by atoms with E-state index in [-0.39, 0.29) is 52.1 Å². The Morgan fingerprint density at radius 1 is 0.282 bits per heavy atom. The van der Waals surface area contributed by atoms with Crippen LogP contribution < -0.4 is 31.3 Å². The third-order valence-corrected chi connectivity index (χ3v) is 14.4. The molecule has 0 spiro atoms. The lowest BCUT2D eigenvalue weighted by molar-refractivity contribution is 0.288. The summed E-state index contributed by atoms with van der Waals surface area (Å²) in [6, 6.07) is 42.8. The predicted octanol–water partition coefficient (Wildman–Crippen LogP) is 14.8. The molecule has 0 unspecified atom stereocenters. The van der Waals surface area contributed by atoms with Gasteiger partial charge in [0.2, 0.25) is 0 Å². The summed E-state index contributed by atoms with van der Waals surface area (Å²) in [6.07, 6.45) is 0. The molecule has 0 bridgehead atoms. The van der Waals surface area contributed by atoms with Gasteiger partial charge in [0.25, 0.3) is 0 Å². The van der Waals surface area contributed by atoms with Gasteiger partial charge in [-0.15, -0.1) is 0 Å². The van der Waals surface area contributed by atoms with Crippen LogP contribution in [0.4, 0.5) is 0 Å². The zero-order valence-corrected chi connectivity index (χ0v) is 50.2. The highest BCUT2D eigenvalue weighted by Crippen LogP contribution is 2.44. The Hall–Kier alpha value is -6.87. The van der Waals surface area contributed by atoms with E-state index >= 15 is 14.4 Å². The lowest BCUT2D eigenvalue weighted by Crippen LogP contribution is -2.55. The Balaban J connectivity index is 1.46. The van der Waals surface area contributed by atoms with Crippen molar-refractivity contribution in [2.75, 3.05) is 0 Å². The van der Waals surface area contributed by atoms with Crippen molar-refractivity contribution in [3.05, 3.63) is 226 Å². The first-order valence-corrected chi connectivity index (χ1v) is 27.7. The summed E-state index contributed by atoms with van der Waals surface area (Å²) in [7, 11) is 0. The average Bonchev–Trinajstić information content (AvgIpc) is 3.35. The summed E-state index contributed by atoms with van der Waals surface area (Å²) in [5.41, 5.74) is 6.80. The molecule has 0 amide bonds. The monoisotopic (exact) mass is 1050 g/mol. The largest absolute Gasteiger partial charge is 0.488 e. The molecule has 0 saturated heterocycles. The number of nitrogens with zero attached hydrogens (tertiary/aromatic N) is 3. The van der Waals surface area contributed by atoms with Crippen LogP contribution in [0.3, 0.4) is 0 Å². The van der Waals surface area contributed by atoms with Gasteiger partial charge in [-0.1, -0.05) is 216 Å². The van der Waals surface area contributed by atoms with Gasteiger partial charge in [0.1, 0.15) is 37.1 Å². The third kappa shape index (κ3) is 13.9. The van der Waals surface area contributed by atoms with Crippen LogP contribution in [-0.4, -0.2) is 13.7 Å². The standard InChI is InChI=1S/C69H87N3O6/c1-64(2,3)52-34-49(35-53(65(4,5)6)58(52)76-43-46-28-22-19-23-29-46)40-70-61(73)71(41-50-36-54(66(7,8)9)59(55(37-50)67(10,11)12)77-44-47-30-24-20-25-31-47)63(75)72(62(70)74)42-51-38-56(68(13,14)15)60(57(39-51)69(16,17)18)78-45-48-32-26-21-27-33-48/h19-39H,40-45H2,1-18H3. The second kappa shape index (κ2) is 22.5. The molecule has 9 heteroatoms. The smallest absolute Gasteiger partial charge is 0.336 e. The quantitative estimate of drug-likeness (QED) is 0.102. The zero-order chi connectivity index (χ0) is 57.3. The first kappa shape index (κ1) is 58.8. The molecule has 1 heterocycles. The van der Waals surface area contributed by atoms with E-state index in [9.17, 15) is 0 Å². The van der Waals surface area contributed by atoms with Crippen LogP contribution in [-0.2, 0) is 71.9 Å². The molecule has 0 aliphatic rings. The second-order valence-electron chi connectivity index (χ2n) is 27.5. The lowest BCUT2D eigenvalue weighted by Gasteiger charge is -2.31. The van der Waals surface area contributed by atoms with Gasteiger partial charge in [-0.2, -0.15) is 0 Å². The number of rotatable bonds is 15. The van der Waals surface area contributed by atoms with Crippen LogP contribution in [0.15, 0.2) is 142 Å². The highest BCUT2D eigenvalue weighted by atomic mass is 16.5. The molecule has 0 aliphatic carbocycles. The molecular weight excluding hydrogens is 967 g/mol. The van der Waals surface area contributed by atoms with E-state index in [0.717, 1.165) is 84.0 Å². The molecule has 9 nitrogen and oxygen atoms in total. The normalized spacial score (nSPS) is 12.7. The van der Waals surface area contributed by atoms with Crippen LogP contribution in [0.25, 0.3) is 0 Å². The van der Waals surface area contributed by atoms with E-state index in [4.69, 9.17) is 14.2 Å². The van der Waals surface area contributed by atoms with Crippen molar-refractivity contribution < 1.29 is 14.2 Å². The van der Waals surface area contributed by atoms with Crippen molar-refractivity contribution in [1.82, 2.24) is 13.7 Å². The van der Waals surface area contributed by atoms with Crippen molar-refractivity contribution in [2.45, 2.75) is 197 Å². The molecule has 6 aromatic carbocycles. The number of ether oxygens (including phenoxy) is 3. The van der Waals surface area contributed by atoms with Gasteiger partial charge >= 0.3 is 17.1 Å². The summed E-state index contributed by atoms with van der Waals surface area (Å²) >= 11 is 0. The first-order chi connectivity index (χ1) is 36.2. The maximum absolute atomic E-state index is 15.5. The molecule has 0 saturated carbocycles. The molecule has 0 atom stereocenters. The lowest BCUT2D eigenvalue weighted by atomic mass is 9.78. The fourth-order valence-electron chi connectivity index (χ4n) is 9.97. The molecule has 7 rings (SSSR count). The summed E-state index contributed by atoms with van der Waals surface area (Å²) < 4.78 is 24.1. The van der Waals surface area contributed by atoms with Gasteiger partial charge in [0.05, 0.1) is 19.6 Å². The maximum atomic E-state index is 15.5. The van der Waals surface area contributed by atoms with Gasteiger partial charge in [0, 0.05) is 33.4 Å². The minimum absolute atomic E-state index is 0.0808. The molecule has 0 N–H and O–H groups in total. The Morgan fingerprint density at radius 3 is 0.628 bits per heavy atom. The third-order valence-electron chi connectivity index (χ3n) is 14.4. The Labute approximate surface area is 465 Å². The molecule has 0 radical (unpaired) electrons. The minimum atomic E-state index is -0.685. The van der Waals surface area contributed by atoms with Crippen LogP contribution in [0, 0.1) is 0 Å². The van der Waals surface area contributed by atoms with E-state index in [1.807, 2.05) is 54.6 Å². The van der Waals surface area contributed by atoms with Gasteiger partial charge < -0.3 is 14.2 Å². The topological polar surface area (TPSA) is 93.7 Å². The fraction of sp³-hybridized carbons (Fsp3) is 0.435. The Kier molecular flexibility index (Phi) is 16.9. The van der Waals surface area contributed by atoms with Gasteiger partial charge in [0.15, 0.2) is 0 Å². The highest BCUT2D eigenvalue weighted by molar-refractivity contribution is 5.54. The van der Waals surface area contributed by atoms with Gasteiger partial charge in [-0.3, -0.25) is 0 Å². The van der Waals surface area contributed by atoms with E-state index < -0.39 is 17.1 Å². The van der Waals surface area contributed by atoms with Crippen molar-refractivity contribution in [1.29, 1.82) is 0 Å². The van der Waals surface area contributed by atoms with Crippen molar-refractivity contribution in [2.24, 2.45) is 0 Å². The SMILES string of the molecule is CC(C)(C)c1cc(Cn2c(=O)n(Cc3cc(C(C)(C)C)c(OCc4ccccc4)c(C(C)(C)C)c3)c(=O)n(Cc3cc(C(C)(C)C)c(OCc4ccccc4)c(C(C)(C)C)c3)c2=O)cc(C(C)(C)C)c1OCc1ccccc1. The number of hydrogen-bond donors (Lipinski definition) is 0. The van der Waals surface area contributed by atoms with Crippen molar-refractivity contribution in [3.63, 3.8) is 0 Å². The number of hydrogen-bond acceptors (Lipinski definition) is 6. The molecule has 414 valence electrons. The molecule has 1 aromatic heterocycles. The molecule has 0 fully saturated rings. The summed E-state index contributed by atoms with van der Waals surface area (Å²) in [5.74, 6) is 2.37. The molecular formula is C69H87N3O6. The van der Waals surface area contributed by atoms with E-state index in [0.29, 0.717) is 19.8 Å². The van der Waals surface area contributed by atoms with Crippen LogP contribution >= 0.6 is 0 Å². The molecule has 0 aliphatic heterocycles. The fourth-order valence-corrected chi connectivity index (χ4v) is 9.97. The predicted molar refractivity (Wildman–Crippen MR) is 320 cm³/mol. The minimum Gasteiger partial charge on any atom is -0.488 e. The second-order valence-corrected chi connectivity index (χ2v) is 27.5. The van der Waals surface area contributed by atoms with E-state index in [2.05, 4.69) is 197 Å². The average molecular weight is 1050 g/mol. The molecule has 7 aromatic rings. The Bertz CT molecular complexity index is 2910. The van der Waals surface area contributed by atoms with Crippen molar-refractivity contribution in [3.8, 4) is 17.2 Å². The Morgan fingerprint density at radius 2 is 0.462 bits per heavy atom. The summed E-state index contributed by atoms with van der Waals surface area (Å²) in [6.45, 7) is 39.6. The van der Waals surface area contributed by atoms with Crippen molar-refractivity contribution >= 4 is 0 Å². The van der Waals surface area contributed by atoms with E-state index in [1.54, 1.807) is 0 Å². The van der Waals surface area contributed by atoms with Gasteiger partial charge in [-0.25, -0.2) is 28.1 Å². The van der Waals surface area contributed by atoms with Crippen LogP contribution in [0.5, 0.6) is 17.2 Å². The summed E-state index contributed by atoms with van der Waals surface area (Å²) in [5, 5.41) is 0. The van der Waals surface area contributed by atoms with Gasteiger partial charge in [-0.05, 0) is 102 Å².